The fourth-order valence-corrected chi connectivity index (χ4v) is 1.26. The van der Waals surface area contributed by atoms with Gasteiger partial charge in [0.25, 0.3) is 0 Å². The third-order valence-corrected chi connectivity index (χ3v) is 2.12. The molecule has 0 N–H and O–H groups in total. The predicted molar refractivity (Wildman–Crippen MR) is 58.8 cm³/mol. The molecule has 0 saturated heterocycles. The van der Waals surface area contributed by atoms with Crippen molar-refractivity contribution in [2.45, 2.75) is 6.92 Å². The first-order chi connectivity index (χ1) is 7.22. The van der Waals surface area contributed by atoms with E-state index in [1.165, 1.54) is 6.08 Å². The Bertz CT molecular complexity index is 416. The van der Waals surface area contributed by atoms with E-state index in [2.05, 4.69) is 0 Å². The minimum Gasteiger partial charge on any atom is -0.493 e. The molecule has 0 radical (unpaired) electrons. The molecule has 15 heavy (non-hydrogen) atoms. The number of allylic oxidation sites excluding steroid dienone is 2. The van der Waals surface area contributed by atoms with Crippen LogP contribution in [0.4, 0.5) is 0 Å². The van der Waals surface area contributed by atoms with Crippen LogP contribution in [-0.4, -0.2) is 14.2 Å². The van der Waals surface area contributed by atoms with Crippen LogP contribution in [0.1, 0.15) is 12.5 Å². The lowest BCUT2D eigenvalue weighted by Gasteiger charge is -2.09. The van der Waals surface area contributed by atoms with E-state index in [9.17, 15) is 0 Å². The van der Waals surface area contributed by atoms with Crippen molar-refractivity contribution in [3.63, 3.8) is 0 Å². The lowest BCUT2D eigenvalue weighted by molar-refractivity contribution is 0.355. The Balaban J connectivity index is 3.15. The highest BCUT2D eigenvalue weighted by Gasteiger charge is 2.04. The zero-order valence-electron chi connectivity index (χ0n) is 9.07. The van der Waals surface area contributed by atoms with E-state index in [0.29, 0.717) is 11.5 Å². The van der Waals surface area contributed by atoms with Crippen molar-refractivity contribution in [3.8, 4) is 17.6 Å². The molecule has 0 aliphatic heterocycles. The highest BCUT2D eigenvalue weighted by molar-refractivity contribution is 5.68. The molecule has 3 heteroatoms. The van der Waals surface area contributed by atoms with E-state index in [1.807, 2.05) is 31.2 Å². The summed E-state index contributed by atoms with van der Waals surface area (Å²) in [6.45, 7) is 1.88. The maximum atomic E-state index is 8.54. The number of rotatable bonds is 3. The zero-order chi connectivity index (χ0) is 11.3. The summed E-state index contributed by atoms with van der Waals surface area (Å²) in [5.41, 5.74) is 1.85. The summed E-state index contributed by atoms with van der Waals surface area (Å²) in [5.74, 6) is 1.35. The molecular formula is C12H13NO2. The molecule has 0 unspecified atom stereocenters. The number of nitrogens with zero attached hydrogens (tertiary/aromatic N) is 1. The van der Waals surface area contributed by atoms with Crippen molar-refractivity contribution in [1.82, 2.24) is 0 Å². The number of hydrogen-bond donors (Lipinski definition) is 0. The SMILES string of the molecule is COc1ccc(C(C)=CC#N)cc1OC. The average Bonchev–Trinajstić information content (AvgIpc) is 2.28. The maximum absolute atomic E-state index is 8.54. The van der Waals surface area contributed by atoms with E-state index < -0.39 is 0 Å². The van der Waals surface area contributed by atoms with Gasteiger partial charge >= 0.3 is 0 Å². The lowest BCUT2D eigenvalue weighted by atomic mass is 10.1. The molecule has 1 rings (SSSR count). The number of nitriles is 1. The molecule has 1 aromatic rings. The molecule has 0 saturated carbocycles. The molecule has 78 valence electrons. The molecule has 0 fully saturated rings. The molecule has 0 amide bonds. The van der Waals surface area contributed by atoms with Crippen LogP contribution in [-0.2, 0) is 0 Å². The molecule has 0 aliphatic rings. The summed E-state index contributed by atoms with van der Waals surface area (Å²) in [6, 6.07) is 7.56. The van der Waals surface area contributed by atoms with Gasteiger partial charge in [-0.05, 0) is 30.2 Å². The molecular weight excluding hydrogens is 190 g/mol. The topological polar surface area (TPSA) is 42.2 Å². The van der Waals surface area contributed by atoms with Crippen LogP contribution in [0.15, 0.2) is 24.3 Å². The normalized spacial score (nSPS) is 10.7. The van der Waals surface area contributed by atoms with Gasteiger partial charge in [0.1, 0.15) is 0 Å². The monoisotopic (exact) mass is 203 g/mol. The number of benzene rings is 1. The van der Waals surface area contributed by atoms with Gasteiger partial charge < -0.3 is 9.47 Å². The lowest BCUT2D eigenvalue weighted by Crippen LogP contribution is -1.91. The Morgan fingerprint density at radius 3 is 2.47 bits per heavy atom. The van der Waals surface area contributed by atoms with Crippen LogP contribution >= 0.6 is 0 Å². The minimum atomic E-state index is 0.667. The van der Waals surface area contributed by atoms with Crippen molar-refractivity contribution in [2.75, 3.05) is 14.2 Å². The molecule has 0 heterocycles. The van der Waals surface area contributed by atoms with Gasteiger partial charge in [0.05, 0.1) is 20.3 Å². The van der Waals surface area contributed by atoms with E-state index in [1.54, 1.807) is 14.2 Å². The number of ether oxygens (including phenoxy) is 2. The largest absolute Gasteiger partial charge is 0.493 e. The summed E-state index contributed by atoms with van der Waals surface area (Å²) in [6.07, 6.45) is 1.50. The van der Waals surface area contributed by atoms with Gasteiger partial charge in [-0.2, -0.15) is 5.26 Å². The van der Waals surface area contributed by atoms with Crippen LogP contribution < -0.4 is 9.47 Å². The maximum Gasteiger partial charge on any atom is 0.161 e. The Morgan fingerprint density at radius 2 is 1.93 bits per heavy atom. The van der Waals surface area contributed by atoms with Crippen molar-refractivity contribution in [1.29, 1.82) is 5.26 Å². The number of methoxy groups -OCH3 is 2. The second-order valence-electron chi connectivity index (χ2n) is 3.03. The molecule has 1 aromatic carbocycles. The Hall–Kier alpha value is -1.95. The van der Waals surface area contributed by atoms with E-state index >= 15 is 0 Å². The number of hydrogen-bond acceptors (Lipinski definition) is 3. The van der Waals surface area contributed by atoms with E-state index in [4.69, 9.17) is 14.7 Å². The van der Waals surface area contributed by atoms with Gasteiger partial charge in [-0.3, -0.25) is 0 Å². The van der Waals surface area contributed by atoms with Gasteiger partial charge in [-0.25, -0.2) is 0 Å². The Morgan fingerprint density at radius 1 is 1.27 bits per heavy atom. The molecule has 0 atom stereocenters. The summed E-state index contributed by atoms with van der Waals surface area (Å²) in [4.78, 5) is 0. The summed E-state index contributed by atoms with van der Waals surface area (Å²) in [5, 5.41) is 8.54. The molecule has 3 nitrogen and oxygen atoms in total. The molecule has 0 spiro atoms. The van der Waals surface area contributed by atoms with E-state index in [-0.39, 0.29) is 0 Å². The summed E-state index contributed by atoms with van der Waals surface area (Å²) < 4.78 is 10.3. The van der Waals surface area contributed by atoms with Crippen LogP contribution in [0.25, 0.3) is 5.57 Å². The van der Waals surface area contributed by atoms with Crippen molar-refractivity contribution >= 4 is 5.57 Å². The van der Waals surface area contributed by atoms with Gasteiger partial charge in [-0.1, -0.05) is 6.07 Å². The standard InChI is InChI=1S/C12H13NO2/c1-9(6-7-13)10-4-5-11(14-2)12(8-10)15-3/h4-6,8H,1-3H3. The molecule has 0 aromatic heterocycles. The Labute approximate surface area is 89.6 Å². The first kappa shape index (κ1) is 11.1. The second kappa shape index (κ2) is 5.06. The first-order valence-electron chi connectivity index (χ1n) is 4.51. The third kappa shape index (κ3) is 2.50. The molecule has 0 bridgehead atoms. The summed E-state index contributed by atoms with van der Waals surface area (Å²) in [7, 11) is 3.18. The zero-order valence-corrected chi connectivity index (χ0v) is 9.07. The quantitative estimate of drug-likeness (QED) is 0.709. The Kier molecular flexibility index (Phi) is 3.75. The average molecular weight is 203 g/mol. The van der Waals surface area contributed by atoms with Crippen molar-refractivity contribution in [2.24, 2.45) is 0 Å². The van der Waals surface area contributed by atoms with Crippen LogP contribution in [0.5, 0.6) is 11.5 Å². The molecule has 0 aliphatic carbocycles. The summed E-state index contributed by atoms with van der Waals surface area (Å²) >= 11 is 0. The van der Waals surface area contributed by atoms with Crippen LogP contribution in [0.2, 0.25) is 0 Å². The van der Waals surface area contributed by atoms with E-state index in [0.717, 1.165) is 11.1 Å². The van der Waals surface area contributed by atoms with Crippen LogP contribution in [0, 0.1) is 11.3 Å². The first-order valence-corrected chi connectivity index (χ1v) is 4.51. The third-order valence-electron chi connectivity index (χ3n) is 2.12. The highest BCUT2D eigenvalue weighted by atomic mass is 16.5. The van der Waals surface area contributed by atoms with Crippen molar-refractivity contribution in [3.05, 3.63) is 29.8 Å². The van der Waals surface area contributed by atoms with Crippen LogP contribution in [0.3, 0.4) is 0 Å². The fourth-order valence-electron chi connectivity index (χ4n) is 1.26. The minimum absolute atomic E-state index is 0.667. The van der Waals surface area contributed by atoms with Crippen molar-refractivity contribution < 1.29 is 9.47 Å². The van der Waals surface area contributed by atoms with Gasteiger partial charge in [0.15, 0.2) is 11.5 Å². The van der Waals surface area contributed by atoms with Gasteiger partial charge in [0.2, 0.25) is 0 Å². The second-order valence-corrected chi connectivity index (χ2v) is 3.03. The van der Waals surface area contributed by atoms with Gasteiger partial charge in [0, 0.05) is 6.08 Å². The fraction of sp³-hybridized carbons (Fsp3) is 0.250. The predicted octanol–water partition coefficient (Wildman–Crippen LogP) is 2.63. The smallest absolute Gasteiger partial charge is 0.161 e. The van der Waals surface area contributed by atoms with Gasteiger partial charge in [-0.15, -0.1) is 0 Å². The highest BCUT2D eigenvalue weighted by Crippen LogP contribution is 2.29.